The van der Waals surface area contributed by atoms with E-state index in [2.05, 4.69) is 12.1 Å². The van der Waals surface area contributed by atoms with Crippen molar-refractivity contribution in [2.75, 3.05) is 0 Å². The van der Waals surface area contributed by atoms with E-state index in [-0.39, 0.29) is 12.2 Å². The summed E-state index contributed by atoms with van der Waals surface area (Å²) in [6.07, 6.45) is 0.0202. The van der Waals surface area contributed by atoms with Crippen LogP contribution in [0.5, 0.6) is 0 Å². The number of esters is 1. The Morgan fingerprint density at radius 2 is 1.84 bits per heavy atom. The number of aryl methyl sites for hydroxylation is 1. The molecule has 128 valence electrons. The van der Waals surface area contributed by atoms with Crippen LogP contribution in [0, 0.1) is 0 Å². The number of fused-ring (bicyclic) bond motifs is 1. The van der Waals surface area contributed by atoms with E-state index in [9.17, 15) is 9.59 Å². The average molecular weight is 337 g/mol. The largest absolute Gasteiger partial charge is 0.454 e. The Hall–Kier alpha value is -2.95. The van der Waals surface area contributed by atoms with Crippen molar-refractivity contribution in [2.24, 2.45) is 0 Å². The van der Waals surface area contributed by atoms with Crippen molar-refractivity contribution in [3.8, 4) is 0 Å². The molecule has 0 amide bonds. The third kappa shape index (κ3) is 3.76. The number of nitrogens with zero attached hydrogens (tertiary/aromatic N) is 1. The van der Waals surface area contributed by atoms with Crippen LogP contribution >= 0.6 is 0 Å². The lowest BCUT2D eigenvalue weighted by molar-refractivity contribution is -0.145. The summed E-state index contributed by atoms with van der Waals surface area (Å²) in [4.78, 5) is 24.5. The van der Waals surface area contributed by atoms with Crippen LogP contribution in [0.3, 0.4) is 0 Å². The predicted molar refractivity (Wildman–Crippen MR) is 93.4 cm³/mol. The SMILES string of the molecule is CCc1ccc(C(=O)[C@@H](C)OC(=O)Cc2noc3ccccc23)cc1. The number of hydrogen-bond donors (Lipinski definition) is 0. The molecule has 0 bridgehead atoms. The normalized spacial score (nSPS) is 12.1. The number of ether oxygens (including phenoxy) is 1. The van der Waals surface area contributed by atoms with Crippen molar-refractivity contribution in [1.82, 2.24) is 5.16 Å². The van der Waals surface area contributed by atoms with Gasteiger partial charge in [-0.1, -0.05) is 48.5 Å². The first-order chi connectivity index (χ1) is 12.1. The molecule has 3 aromatic rings. The molecule has 0 aliphatic heterocycles. The van der Waals surface area contributed by atoms with Gasteiger partial charge in [0.2, 0.25) is 5.78 Å². The van der Waals surface area contributed by atoms with Crippen LogP contribution in [0.15, 0.2) is 53.1 Å². The van der Waals surface area contributed by atoms with Crippen LogP contribution in [0.4, 0.5) is 0 Å². The molecule has 0 aliphatic rings. The summed E-state index contributed by atoms with van der Waals surface area (Å²) in [6.45, 7) is 3.63. The number of carbonyl (C=O) groups is 2. The molecule has 25 heavy (non-hydrogen) atoms. The van der Waals surface area contributed by atoms with Crippen molar-refractivity contribution in [3.05, 3.63) is 65.4 Å². The highest BCUT2D eigenvalue weighted by atomic mass is 16.5. The Morgan fingerprint density at radius 3 is 2.56 bits per heavy atom. The molecule has 0 saturated carbocycles. The van der Waals surface area contributed by atoms with E-state index in [0.717, 1.165) is 17.4 Å². The molecule has 1 aromatic heterocycles. The zero-order chi connectivity index (χ0) is 17.8. The zero-order valence-corrected chi connectivity index (χ0v) is 14.2. The number of aromatic nitrogens is 1. The van der Waals surface area contributed by atoms with Gasteiger partial charge in [-0.15, -0.1) is 0 Å². The number of ketones is 1. The fourth-order valence-electron chi connectivity index (χ4n) is 2.63. The van der Waals surface area contributed by atoms with Gasteiger partial charge in [0.25, 0.3) is 0 Å². The van der Waals surface area contributed by atoms with Crippen LogP contribution in [0.25, 0.3) is 11.0 Å². The number of rotatable bonds is 6. The van der Waals surface area contributed by atoms with Crippen LogP contribution in [-0.2, 0) is 22.4 Å². The number of Topliss-reactive ketones (excluding diaryl/α,β-unsaturated/α-hetero) is 1. The highest BCUT2D eigenvalue weighted by Crippen LogP contribution is 2.19. The van der Waals surface area contributed by atoms with Gasteiger partial charge in [-0.3, -0.25) is 9.59 Å². The van der Waals surface area contributed by atoms with E-state index < -0.39 is 12.1 Å². The predicted octanol–water partition coefficient (Wildman–Crippen LogP) is 3.75. The van der Waals surface area contributed by atoms with Gasteiger partial charge in [0.15, 0.2) is 11.7 Å². The van der Waals surface area contributed by atoms with Gasteiger partial charge in [-0.25, -0.2) is 0 Å². The molecule has 2 aromatic carbocycles. The minimum absolute atomic E-state index is 0.0383. The van der Waals surface area contributed by atoms with Crippen molar-refractivity contribution in [1.29, 1.82) is 0 Å². The Morgan fingerprint density at radius 1 is 1.12 bits per heavy atom. The van der Waals surface area contributed by atoms with Crippen LogP contribution in [0.2, 0.25) is 0 Å². The molecule has 1 atom stereocenters. The lowest BCUT2D eigenvalue weighted by Gasteiger charge is -2.12. The molecule has 5 heteroatoms. The number of para-hydroxylation sites is 1. The fraction of sp³-hybridized carbons (Fsp3) is 0.250. The molecule has 0 unspecified atom stereocenters. The molecule has 0 N–H and O–H groups in total. The topological polar surface area (TPSA) is 69.4 Å². The lowest BCUT2D eigenvalue weighted by atomic mass is 10.0. The summed E-state index contributed by atoms with van der Waals surface area (Å²) in [5, 5.41) is 4.68. The second-order valence-corrected chi connectivity index (χ2v) is 5.85. The maximum absolute atomic E-state index is 12.4. The van der Waals surface area contributed by atoms with Gasteiger partial charge in [-0.2, -0.15) is 0 Å². The number of carbonyl (C=O) groups excluding carboxylic acids is 2. The molecule has 0 aliphatic carbocycles. The maximum Gasteiger partial charge on any atom is 0.312 e. The summed E-state index contributed by atoms with van der Waals surface area (Å²) in [5.74, 6) is -0.730. The number of benzene rings is 2. The van der Waals surface area contributed by atoms with E-state index >= 15 is 0 Å². The van der Waals surface area contributed by atoms with Gasteiger partial charge in [0.1, 0.15) is 5.69 Å². The average Bonchev–Trinajstić information content (AvgIpc) is 3.04. The Bertz CT molecular complexity index is 895. The summed E-state index contributed by atoms with van der Waals surface area (Å²) in [7, 11) is 0. The van der Waals surface area contributed by atoms with Gasteiger partial charge < -0.3 is 9.26 Å². The van der Waals surface area contributed by atoms with Crippen molar-refractivity contribution >= 4 is 22.7 Å². The van der Waals surface area contributed by atoms with E-state index in [1.54, 1.807) is 25.1 Å². The summed E-state index contributed by atoms with van der Waals surface area (Å²) >= 11 is 0. The zero-order valence-electron chi connectivity index (χ0n) is 14.2. The quantitative estimate of drug-likeness (QED) is 0.506. The third-order valence-corrected chi connectivity index (χ3v) is 4.09. The molecular weight excluding hydrogens is 318 g/mol. The van der Waals surface area contributed by atoms with Crippen molar-refractivity contribution in [3.63, 3.8) is 0 Å². The molecule has 1 heterocycles. The van der Waals surface area contributed by atoms with Gasteiger partial charge in [0.05, 0.1) is 6.42 Å². The van der Waals surface area contributed by atoms with E-state index in [4.69, 9.17) is 9.26 Å². The highest BCUT2D eigenvalue weighted by molar-refractivity contribution is 6.00. The van der Waals surface area contributed by atoms with Crippen LogP contribution in [0.1, 0.15) is 35.5 Å². The summed E-state index contributed by atoms with van der Waals surface area (Å²) in [5.41, 5.74) is 2.81. The highest BCUT2D eigenvalue weighted by Gasteiger charge is 2.21. The molecule has 0 spiro atoms. The molecule has 0 saturated heterocycles. The van der Waals surface area contributed by atoms with E-state index in [1.807, 2.05) is 30.3 Å². The molecule has 5 nitrogen and oxygen atoms in total. The Kier molecular flexibility index (Phi) is 4.93. The Balaban J connectivity index is 1.64. The first-order valence-corrected chi connectivity index (χ1v) is 8.24. The maximum atomic E-state index is 12.4. The minimum atomic E-state index is -0.849. The van der Waals surface area contributed by atoms with Gasteiger partial charge >= 0.3 is 5.97 Å². The van der Waals surface area contributed by atoms with Gasteiger partial charge in [0, 0.05) is 10.9 Å². The molecule has 0 radical (unpaired) electrons. The van der Waals surface area contributed by atoms with Crippen molar-refractivity contribution in [2.45, 2.75) is 32.8 Å². The van der Waals surface area contributed by atoms with Crippen LogP contribution < -0.4 is 0 Å². The standard InChI is InChI=1S/C20H19NO4/c1-3-14-8-10-15(11-9-14)20(23)13(2)24-19(22)12-17-16-6-4-5-7-18(16)25-21-17/h4-11,13H,3,12H2,1-2H3/t13-/m1/s1. The molecule has 0 fully saturated rings. The smallest absolute Gasteiger partial charge is 0.312 e. The summed E-state index contributed by atoms with van der Waals surface area (Å²) in [6, 6.07) is 14.6. The van der Waals surface area contributed by atoms with Gasteiger partial charge in [-0.05, 0) is 31.0 Å². The fourth-order valence-corrected chi connectivity index (χ4v) is 2.63. The van der Waals surface area contributed by atoms with E-state index in [0.29, 0.717) is 16.8 Å². The second-order valence-electron chi connectivity index (χ2n) is 5.85. The summed E-state index contributed by atoms with van der Waals surface area (Å²) < 4.78 is 10.4. The second kappa shape index (κ2) is 7.30. The van der Waals surface area contributed by atoms with E-state index in [1.165, 1.54) is 0 Å². The lowest BCUT2D eigenvalue weighted by Crippen LogP contribution is -2.25. The molecular formula is C20H19NO4. The minimum Gasteiger partial charge on any atom is -0.454 e. The molecule has 3 rings (SSSR count). The van der Waals surface area contributed by atoms with Crippen LogP contribution in [-0.4, -0.2) is 23.0 Å². The third-order valence-electron chi connectivity index (χ3n) is 4.09. The first-order valence-electron chi connectivity index (χ1n) is 8.24. The van der Waals surface area contributed by atoms with Crippen molar-refractivity contribution < 1.29 is 18.8 Å². The Labute approximate surface area is 145 Å². The first kappa shape index (κ1) is 16.9. The number of hydrogen-bond acceptors (Lipinski definition) is 5. The monoisotopic (exact) mass is 337 g/mol.